The van der Waals surface area contributed by atoms with E-state index in [9.17, 15) is 0 Å². The Balaban J connectivity index is 1.87. The first-order valence-corrected chi connectivity index (χ1v) is 7.82. The summed E-state index contributed by atoms with van der Waals surface area (Å²) in [7, 11) is 2.01. The van der Waals surface area contributed by atoms with E-state index in [0.29, 0.717) is 6.04 Å². The molecule has 1 aliphatic rings. The summed E-state index contributed by atoms with van der Waals surface area (Å²) in [6.07, 6.45) is 6.23. The molecule has 0 aliphatic heterocycles. The van der Waals surface area contributed by atoms with Crippen LogP contribution >= 0.6 is 15.9 Å². The lowest BCUT2D eigenvalue weighted by atomic mass is 9.92. The fourth-order valence-corrected chi connectivity index (χ4v) is 3.21. The van der Waals surface area contributed by atoms with E-state index in [1.165, 1.54) is 29.7 Å². The molecule has 1 aliphatic carbocycles. The largest absolute Gasteiger partial charge is 0.313 e. The molecule has 0 amide bonds. The molecule has 1 heterocycles. The van der Waals surface area contributed by atoms with Crippen LogP contribution in [-0.2, 0) is 12.8 Å². The second-order valence-electron chi connectivity index (χ2n) is 5.19. The first-order chi connectivity index (χ1) is 9.78. The smallest absolute Gasteiger partial charge is 0.132 e. The van der Waals surface area contributed by atoms with Crippen LogP contribution in [0.3, 0.4) is 0 Å². The molecule has 3 nitrogen and oxygen atoms in total. The van der Waals surface area contributed by atoms with Crippen molar-refractivity contribution in [3.63, 3.8) is 0 Å². The van der Waals surface area contributed by atoms with Crippen LogP contribution in [0.25, 0.3) is 0 Å². The van der Waals surface area contributed by atoms with Crippen molar-refractivity contribution in [2.45, 2.75) is 31.7 Å². The van der Waals surface area contributed by atoms with Gasteiger partial charge >= 0.3 is 0 Å². The molecule has 0 radical (unpaired) electrons. The number of benzene rings is 1. The maximum atomic E-state index is 4.78. The third-order valence-corrected chi connectivity index (χ3v) is 4.66. The zero-order valence-corrected chi connectivity index (χ0v) is 13.2. The minimum atomic E-state index is 0.413. The highest BCUT2D eigenvalue weighted by molar-refractivity contribution is 9.10. The Kier molecular flexibility index (Phi) is 4.13. The van der Waals surface area contributed by atoms with Crippen LogP contribution in [0.15, 0.2) is 34.9 Å². The number of fused-ring (bicyclic) bond motifs is 1. The Morgan fingerprint density at radius 2 is 2.20 bits per heavy atom. The third kappa shape index (κ3) is 2.76. The van der Waals surface area contributed by atoms with Crippen LogP contribution in [0.4, 0.5) is 0 Å². The molecule has 20 heavy (non-hydrogen) atoms. The molecule has 3 rings (SSSR count). The highest BCUT2D eigenvalue weighted by atomic mass is 79.9. The van der Waals surface area contributed by atoms with Crippen LogP contribution in [0, 0.1) is 0 Å². The zero-order chi connectivity index (χ0) is 13.9. The average molecular weight is 332 g/mol. The van der Waals surface area contributed by atoms with E-state index in [0.717, 1.165) is 23.1 Å². The molecule has 0 spiro atoms. The maximum absolute atomic E-state index is 4.78. The van der Waals surface area contributed by atoms with E-state index in [-0.39, 0.29) is 0 Å². The Hall–Kier alpha value is -1.26. The van der Waals surface area contributed by atoms with Crippen molar-refractivity contribution in [1.29, 1.82) is 0 Å². The Morgan fingerprint density at radius 1 is 1.35 bits per heavy atom. The minimum Gasteiger partial charge on any atom is -0.313 e. The molecule has 104 valence electrons. The molecule has 0 saturated heterocycles. The molecule has 2 aromatic rings. The number of aromatic nitrogens is 2. The number of nitrogens with one attached hydrogen (secondary N) is 1. The number of hydrogen-bond donors (Lipinski definition) is 1. The van der Waals surface area contributed by atoms with Gasteiger partial charge in [0, 0.05) is 34.4 Å². The number of aryl methyl sites for hydroxylation is 1. The summed E-state index contributed by atoms with van der Waals surface area (Å²) >= 11 is 3.58. The topological polar surface area (TPSA) is 37.8 Å². The van der Waals surface area contributed by atoms with Gasteiger partial charge in [-0.3, -0.25) is 0 Å². The van der Waals surface area contributed by atoms with E-state index in [2.05, 4.69) is 44.4 Å². The fraction of sp³-hybridized carbons (Fsp3) is 0.375. The molecule has 1 unspecified atom stereocenters. The van der Waals surface area contributed by atoms with Crippen LogP contribution < -0.4 is 5.32 Å². The first-order valence-electron chi connectivity index (χ1n) is 7.03. The molecule has 1 atom stereocenters. The summed E-state index contributed by atoms with van der Waals surface area (Å²) in [4.78, 5) is 9.33. The van der Waals surface area contributed by atoms with E-state index < -0.39 is 0 Å². The van der Waals surface area contributed by atoms with E-state index in [1.807, 2.05) is 19.3 Å². The Bertz CT molecular complexity index is 612. The molecular weight excluding hydrogens is 314 g/mol. The molecule has 1 N–H and O–H groups in total. The van der Waals surface area contributed by atoms with Gasteiger partial charge in [0.25, 0.3) is 0 Å². The summed E-state index contributed by atoms with van der Waals surface area (Å²) in [5.41, 5.74) is 3.72. The number of hydrogen-bond acceptors (Lipinski definition) is 3. The Labute approximate surface area is 128 Å². The quantitative estimate of drug-likeness (QED) is 0.936. The second-order valence-corrected chi connectivity index (χ2v) is 6.04. The van der Waals surface area contributed by atoms with Gasteiger partial charge in [0.15, 0.2) is 0 Å². The van der Waals surface area contributed by atoms with Gasteiger partial charge in [-0.2, -0.15) is 0 Å². The summed E-state index contributed by atoms with van der Waals surface area (Å²) < 4.78 is 1.12. The van der Waals surface area contributed by atoms with Gasteiger partial charge < -0.3 is 5.32 Å². The van der Waals surface area contributed by atoms with Crippen molar-refractivity contribution in [3.8, 4) is 0 Å². The molecule has 1 aromatic heterocycles. The Morgan fingerprint density at radius 3 is 3.00 bits per heavy atom. The SMILES string of the molecule is CNC1CCCc2nc(Cc3ccccc3Br)ncc21. The molecule has 0 fully saturated rings. The van der Waals surface area contributed by atoms with Crippen molar-refractivity contribution >= 4 is 15.9 Å². The van der Waals surface area contributed by atoms with Crippen LogP contribution in [0.1, 0.15) is 41.5 Å². The van der Waals surface area contributed by atoms with Gasteiger partial charge in [-0.25, -0.2) is 9.97 Å². The number of nitrogens with zero attached hydrogens (tertiary/aromatic N) is 2. The van der Waals surface area contributed by atoms with Crippen LogP contribution in [0.2, 0.25) is 0 Å². The molecule has 4 heteroatoms. The van der Waals surface area contributed by atoms with E-state index >= 15 is 0 Å². The van der Waals surface area contributed by atoms with Crippen LogP contribution in [0.5, 0.6) is 0 Å². The van der Waals surface area contributed by atoms with Crippen molar-refractivity contribution < 1.29 is 0 Å². The lowest BCUT2D eigenvalue weighted by molar-refractivity contribution is 0.485. The fourth-order valence-electron chi connectivity index (χ4n) is 2.79. The average Bonchev–Trinajstić information content (AvgIpc) is 2.49. The number of rotatable bonds is 3. The minimum absolute atomic E-state index is 0.413. The monoisotopic (exact) mass is 331 g/mol. The van der Waals surface area contributed by atoms with E-state index in [4.69, 9.17) is 4.98 Å². The lowest BCUT2D eigenvalue weighted by Gasteiger charge is -2.24. The van der Waals surface area contributed by atoms with Gasteiger partial charge in [0.05, 0.1) is 0 Å². The standard InChI is InChI=1S/C16H18BrN3/c1-18-14-7-4-8-15-12(14)10-19-16(20-15)9-11-5-2-3-6-13(11)17/h2-3,5-6,10,14,18H,4,7-9H2,1H3. The van der Waals surface area contributed by atoms with Gasteiger partial charge in [-0.15, -0.1) is 0 Å². The van der Waals surface area contributed by atoms with Gasteiger partial charge in [-0.1, -0.05) is 34.1 Å². The van der Waals surface area contributed by atoms with Crippen molar-refractivity contribution in [2.24, 2.45) is 0 Å². The summed E-state index contributed by atoms with van der Waals surface area (Å²) in [6, 6.07) is 8.67. The highest BCUT2D eigenvalue weighted by Gasteiger charge is 2.20. The molecular formula is C16H18BrN3. The number of halogens is 1. The lowest BCUT2D eigenvalue weighted by Crippen LogP contribution is -2.23. The first kappa shape index (κ1) is 13.7. The summed E-state index contributed by atoms with van der Waals surface area (Å²) in [5.74, 6) is 0.910. The van der Waals surface area contributed by atoms with Crippen molar-refractivity contribution in [1.82, 2.24) is 15.3 Å². The van der Waals surface area contributed by atoms with Crippen LogP contribution in [-0.4, -0.2) is 17.0 Å². The molecule has 0 saturated carbocycles. The predicted octanol–water partition coefficient (Wildman–Crippen LogP) is 3.43. The maximum Gasteiger partial charge on any atom is 0.132 e. The summed E-state index contributed by atoms with van der Waals surface area (Å²) in [6.45, 7) is 0. The zero-order valence-electron chi connectivity index (χ0n) is 11.6. The van der Waals surface area contributed by atoms with Crippen molar-refractivity contribution in [3.05, 3.63) is 57.6 Å². The highest BCUT2D eigenvalue weighted by Crippen LogP contribution is 2.28. The van der Waals surface area contributed by atoms with Crippen molar-refractivity contribution in [2.75, 3.05) is 7.05 Å². The predicted molar refractivity (Wildman–Crippen MR) is 83.7 cm³/mol. The van der Waals surface area contributed by atoms with Gasteiger partial charge in [0.1, 0.15) is 5.82 Å². The van der Waals surface area contributed by atoms with Gasteiger partial charge in [0.2, 0.25) is 0 Å². The second kappa shape index (κ2) is 6.02. The van der Waals surface area contributed by atoms with E-state index in [1.54, 1.807) is 0 Å². The third-order valence-electron chi connectivity index (χ3n) is 3.89. The van der Waals surface area contributed by atoms with Gasteiger partial charge in [-0.05, 0) is 37.9 Å². The summed E-state index contributed by atoms with van der Waals surface area (Å²) in [5, 5.41) is 3.35. The molecule has 0 bridgehead atoms. The molecule has 1 aromatic carbocycles. The normalized spacial score (nSPS) is 17.8.